The summed E-state index contributed by atoms with van der Waals surface area (Å²) in [6.45, 7) is 0.406. The van der Waals surface area contributed by atoms with Gasteiger partial charge in [-0.05, 0) is 23.3 Å². The number of hydrogen-bond donors (Lipinski definition) is 6. The Morgan fingerprint density at radius 2 is 0.805 bits per heavy atom. The SMILES string of the molecule is Nc1c(NCc2ccccc2)ccc(C(c2ccc(NCc3ccccc3)c(N)c2N)(C(F)(F)F)C(F)(F)F)c1N. The van der Waals surface area contributed by atoms with E-state index >= 15 is 0 Å². The molecular weight excluding hydrogens is 546 g/mol. The second-order valence-electron chi connectivity index (χ2n) is 9.40. The normalized spacial score (nSPS) is 12.2. The molecule has 0 aromatic heterocycles. The van der Waals surface area contributed by atoms with Gasteiger partial charge in [0.25, 0.3) is 0 Å². The molecule has 0 radical (unpaired) electrons. The summed E-state index contributed by atoms with van der Waals surface area (Å²) in [5.74, 6) is 0. The van der Waals surface area contributed by atoms with Gasteiger partial charge in [0.05, 0.1) is 34.1 Å². The molecule has 0 unspecified atom stereocenters. The van der Waals surface area contributed by atoms with E-state index in [-0.39, 0.29) is 24.5 Å². The van der Waals surface area contributed by atoms with Crippen molar-refractivity contribution in [1.82, 2.24) is 0 Å². The lowest BCUT2D eigenvalue weighted by Gasteiger charge is -2.40. The summed E-state index contributed by atoms with van der Waals surface area (Å²) in [7, 11) is 0. The molecule has 12 heteroatoms. The van der Waals surface area contributed by atoms with Gasteiger partial charge >= 0.3 is 12.4 Å². The van der Waals surface area contributed by atoms with Gasteiger partial charge in [-0.1, -0.05) is 72.8 Å². The van der Waals surface area contributed by atoms with E-state index in [4.69, 9.17) is 22.9 Å². The lowest BCUT2D eigenvalue weighted by molar-refractivity contribution is -0.288. The molecular formula is C29H28F6N6. The molecule has 0 atom stereocenters. The number of nitrogen functional groups attached to an aromatic ring is 4. The summed E-state index contributed by atoms with van der Waals surface area (Å²) in [5, 5.41) is 5.80. The summed E-state index contributed by atoms with van der Waals surface area (Å²) in [6.07, 6.45) is -11.9. The van der Waals surface area contributed by atoms with E-state index in [2.05, 4.69) is 10.6 Å². The van der Waals surface area contributed by atoms with Crippen LogP contribution in [-0.2, 0) is 18.5 Å². The third-order valence-electron chi connectivity index (χ3n) is 6.88. The number of halogens is 6. The average molecular weight is 575 g/mol. The maximum Gasteiger partial charge on any atom is 0.411 e. The van der Waals surface area contributed by atoms with Crippen LogP contribution in [0.15, 0.2) is 84.9 Å². The fourth-order valence-electron chi connectivity index (χ4n) is 4.74. The zero-order chi connectivity index (χ0) is 30.0. The molecule has 0 bridgehead atoms. The monoisotopic (exact) mass is 574 g/mol. The highest BCUT2D eigenvalue weighted by Crippen LogP contribution is 2.60. The summed E-state index contributed by atoms with van der Waals surface area (Å²) in [5.41, 5.74) is 15.7. The molecule has 4 rings (SSSR count). The van der Waals surface area contributed by atoms with Crippen LogP contribution in [-0.4, -0.2) is 12.4 Å². The average Bonchev–Trinajstić information content (AvgIpc) is 2.92. The Hall–Kier alpha value is -4.74. The van der Waals surface area contributed by atoms with Crippen LogP contribution in [0.5, 0.6) is 0 Å². The molecule has 10 N–H and O–H groups in total. The van der Waals surface area contributed by atoms with Crippen molar-refractivity contribution in [2.45, 2.75) is 30.9 Å². The fraction of sp³-hybridized carbons (Fsp3) is 0.172. The Bertz CT molecular complexity index is 1390. The van der Waals surface area contributed by atoms with E-state index in [1.54, 1.807) is 60.7 Å². The van der Waals surface area contributed by atoms with Crippen molar-refractivity contribution in [1.29, 1.82) is 0 Å². The molecule has 0 aliphatic rings. The quantitative estimate of drug-likeness (QED) is 0.103. The van der Waals surface area contributed by atoms with Crippen LogP contribution in [0.4, 0.5) is 60.5 Å². The molecule has 0 spiro atoms. The van der Waals surface area contributed by atoms with Gasteiger partial charge < -0.3 is 33.6 Å². The van der Waals surface area contributed by atoms with Crippen molar-refractivity contribution in [3.05, 3.63) is 107 Å². The number of alkyl halides is 6. The lowest BCUT2D eigenvalue weighted by atomic mass is 9.71. The predicted octanol–water partition coefficient (Wildman–Crippen LogP) is 6.65. The largest absolute Gasteiger partial charge is 0.411 e. The molecule has 0 heterocycles. The Balaban J connectivity index is 1.82. The van der Waals surface area contributed by atoms with E-state index in [0.29, 0.717) is 12.1 Å². The molecule has 4 aromatic rings. The number of nitrogens with two attached hydrogens (primary N) is 4. The number of nitrogens with one attached hydrogen (secondary N) is 2. The second kappa shape index (κ2) is 11.0. The van der Waals surface area contributed by atoms with Crippen molar-refractivity contribution in [3.63, 3.8) is 0 Å². The van der Waals surface area contributed by atoms with Crippen LogP contribution in [0.3, 0.4) is 0 Å². The molecule has 0 amide bonds. The van der Waals surface area contributed by atoms with Gasteiger partial charge in [0.15, 0.2) is 0 Å². The highest BCUT2D eigenvalue weighted by atomic mass is 19.4. The zero-order valence-corrected chi connectivity index (χ0v) is 21.6. The Morgan fingerprint density at radius 3 is 1.12 bits per heavy atom. The van der Waals surface area contributed by atoms with Crippen molar-refractivity contribution in [2.75, 3.05) is 33.6 Å². The van der Waals surface area contributed by atoms with E-state index in [1.165, 1.54) is 0 Å². The first-order valence-corrected chi connectivity index (χ1v) is 12.3. The first kappa shape index (κ1) is 29.2. The van der Waals surface area contributed by atoms with E-state index in [0.717, 1.165) is 23.3 Å². The summed E-state index contributed by atoms with van der Waals surface area (Å²) in [4.78, 5) is 0. The van der Waals surface area contributed by atoms with Gasteiger partial charge in [-0.3, -0.25) is 0 Å². The van der Waals surface area contributed by atoms with Crippen LogP contribution in [0, 0.1) is 0 Å². The lowest BCUT2D eigenvalue weighted by Crippen LogP contribution is -2.55. The van der Waals surface area contributed by atoms with Crippen LogP contribution in [0.2, 0.25) is 0 Å². The molecule has 6 nitrogen and oxygen atoms in total. The molecule has 0 saturated carbocycles. The highest BCUT2D eigenvalue weighted by molar-refractivity contribution is 5.86. The van der Waals surface area contributed by atoms with E-state index < -0.39 is 51.6 Å². The first-order valence-electron chi connectivity index (χ1n) is 12.3. The minimum atomic E-state index is -5.94. The van der Waals surface area contributed by atoms with Crippen LogP contribution >= 0.6 is 0 Å². The van der Waals surface area contributed by atoms with Crippen molar-refractivity contribution in [2.24, 2.45) is 0 Å². The number of anilines is 6. The molecule has 216 valence electrons. The number of benzene rings is 4. The van der Waals surface area contributed by atoms with E-state index in [1.807, 2.05) is 0 Å². The van der Waals surface area contributed by atoms with Crippen molar-refractivity contribution in [3.8, 4) is 0 Å². The summed E-state index contributed by atoms with van der Waals surface area (Å²) in [6, 6.07) is 21.2. The maximum atomic E-state index is 14.9. The van der Waals surface area contributed by atoms with Gasteiger partial charge in [0.2, 0.25) is 5.41 Å². The molecule has 4 aromatic carbocycles. The topological polar surface area (TPSA) is 128 Å². The predicted molar refractivity (Wildman–Crippen MR) is 151 cm³/mol. The maximum absolute atomic E-state index is 14.9. The Labute approximate surface area is 232 Å². The smallest absolute Gasteiger partial charge is 0.397 e. The standard InChI is InChI=1S/C29H28F6N6/c30-28(31,32)27(29(33,34)35,19-11-13-21(25(38)23(19)36)40-15-17-7-3-1-4-8-17)20-12-14-22(26(39)24(20)37)41-16-18-9-5-2-6-10-18/h1-14,40-41H,15-16,36-39H2. The van der Waals surface area contributed by atoms with Crippen molar-refractivity contribution < 1.29 is 26.3 Å². The molecule has 41 heavy (non-hydrogen) atoms. The first-order chi connectivity index (χ1) is 19.3. The molecule has 0 aliphatic heterocycles. The number of hydrogen-bond acceptors (Lipinski definition) is 6. The molecule has 0 saturated heterocycles. The zero-order valence-electron chi connectivity index (χ0n) is 21.6. The molecule has 0 aliphatic carbocycles. The Kier molecular flexibility index (Phi) is 7.87. The van der Waals surface area contributed by atoms with Crippen LogP contribution in [0.25, 0.3) is 0 Å². The second-order valence-corrected chi connectivity index (χ2v) is 9.40. The third-order valence-corrected chi connectivity index (χ3v) is 6.88. The van der Waals surface area contributed by atoms with Gasteiger partial charge in [0.1, 0.15) is 0 Å². The van der Waals surface area contributed by atoms with Gasteiger partial charge in [-0.25, -0.2) is 0 Å². The Morgan fingerprint density at radius 1 is 0.463 bits per heavy atom. The fourth-order valence-corrected chi connectivity index (χ4v) is 4.74. The summed E-state index contributed by atoms with van der Waals surface area (Å²) >= 11 is 0. The minimum absolute atomic E-state index is 0.0706. The van der Waals surface area contributed by atoms with Crippen LogP contribution < -0.4 is 33.6 Å². The van der Waals surface area contributed by atoms with Crippen molar-refractivity contribution >= 4 is 34.1 Å². The van der Waals surface area contributed by atoms with Gasteiger partial charge in [0, 0.05) is 24.2 Å². The highest BCUT2D eigenvalue weighted by Gasteiger charge is 2.74. The van der Waals surface area contributed by atoms with Gasteiger partial charge in [-0.2, -0.15) is 26.3 Å². The minimum Gasteiger partial charge on any atom is -0.397 e. The van der Waals surface area contributed by atoms with Gasteiger partial charge in [-0.15, -0.1) is 0 Å². The number of rotatable bonds is 8. The van der Waals surface area contributed by atoms with E-state index in [9.17, 15) is 26.3 Å². The molecule has 0 fully saturated rings. The third kappa shape index (κ3) is 5.37. The summed E-state index contributed by atoms with van der Waals surface area (Å²) < 4.78 is 89.2. The van der Waals surface area contributed by atoms with Crippen LogP contribution in [0.1, 0.15) is 22.3 Å².